The van der Waals surface area contributed by atoms with Crippen LogP contribution in [-0.2, 0) is 0 Å². The Labute approximate surface area is 259 Å². The van der Waals surface area contributed by atoms with Gasteiger partial charge in [-0.05, 0) is 63.5 Å². The number of hydrogen-bond acceptors (Lipinski definition) is 8. The molecule has 1 saturated heterocycles. The Morgan fingerprint density at radius 3 is 2.33 bits per heavy atom. The minimum atomic E-state index is -0.110. The molecule has 0 spiro atoms. The zero-order valence-corrected chi connectivity index (χ0v) is 25.8. The van der Waals surface area contributed by atoms with E-state index in [1.54, 1.807) is 7.11 Å². The zero-order valence-electron chi connectivity index (χ0n) is 24.1. The van der Waals surface area contributed by atoms with Gasteiger partial charge < -0.3 is 35.9 Å². The Bertz CT molecular complexity index is 1320. The SMILES string of the molecule is COc1ccccc1NC(=O)N1CCC(Nc2nc(NC3CCC(N)CC3)nc3c2ncn3C2CCCC2)CC1.Cl.Cl. The van der Waals surface area contributed by atoms with Crippen molar-refractivity contribution >= 4 is 59.5 Å². The maximum Gasteiger partial charge on any atom is 0.321 e. The molecule has 230 valence electrons. The summed E-state index contributed by atoms with van der Waals surface area (Å²) in [6.45, 7) is 1.30. The third-order valence-corrected chi connectivity index (χ3v) is 8.72. The molecule has 2 saturated carbocycles. The first-order chi connectivity index (χ1) is 19.6. The Morgan fingerprint density at radius 2 is 1.62 bits per heavy atom. The Kier molecular flexibility index (Phi) is 11.0. The van der Waals surface area contributed by atoms with Gasteiger partial charge in [0, 0.05) is 37.3 Å². The van der Waals surface area contributed by atoms with Crippen molar-refractivity contribution in [3.8, 4) is 5.75 Å². The fraction of sp³-hybridized carbons (Fsp3) is 0.586. The number of urea groups is 1. The van der Waals surface area contributed by atoms with Crippen molar-refractivity contribution in [2.24, 2.45) is 5.73 Å². The molecule has 3 heterocycles. The summed E-state index contributed by atoms with van der Waals surface area (Å²) in [5.41, 5.74) is 8.53. The number of carbonyl (C=O) groups excluding carboxylic acids is 1. The molecular weight excluding hydrogens is 577 g/mol. The normalized spacial score (nSPS) is 21.3. The molecule has 2 aliphatic carbocycles. The molecule has 42 heavy (non-hydrogen) atoms. The lowest BCUT2D eigenvalue weighted by Gasteiger charge is -2.33. The number of amides is 2. The number of halogens is 2. The fourth-order valence-electron chi connectivity index (χ4n) is 6.34. The number of para-hydroxylation sites is 2. The highest BCUT2D eigenvalue weighted by Crippen LogP contribution is 2.34. The van der Waals surface area contributed by atoms with Gasteiger partial charge >= 0.3 is 6.03 Å². The number of piperidine rings is 1. The van der Waals surface area contributed by atoms with Crippen LogP contribution in [0.2, 0.25) is 0 Å². The summed E-state index contributed by atoms with van der Waals surface area (Å²) in [6.07, 6.45) is 12.5. The summed E-state index contributed by atoms with van der Waals surface area (Å²) >= 11 is 0. The summed E-state index contributed by atoms with van der Waals surface area (Å²) in [5, 5.41) is 10.3. The van der Waals surface area contributed by atoms with E-state index in [1.165, 1.54) is 12.8 Å². The molecule has 2 amide bonds. The number of fused-ring (bicyclic) bond motifs is 1. The van der Waals surface area contributed by atoms with Gasteiger partial charge in [-0.25, -0.2) is 9.78 Å². The number of aromatic nitrogens is 4. The third kappa shape index (κ3) is 7.12. The quantitative estimate of drug-likeness (QED) is 0.269. The second-order valence-corrected chi connectivity index (χ2v) is 11.5. The minimum Gasteiger partial charge on any atom is -0.495 e. The molecule has 3 aromatic rings. The number of nitrogens with one attached hydrogen (secondary N) is 3. The average Bonchev–Trinajstić information content (AvgIpc) is 3.65. The highest BCUT2D eigenvalue weighted by atomic mass is 35.5. The van der Waals surface area contributed by atoms with Crippen molar-refractivity contribution in [1.82, 2.24) is 24.4 Å². The van der Waals surface area contributed by atoms with Crippen molar-refractivity contribution in [3.63, 3.8) is 0 Å². The number of rotatable bonds is 7. The molecule has 0 bridgehead atoms. The van der Waals surface area contributed by atoms with Crippen LogP contribution in [0.4, 0.5) is 22.2 Å². The van der Waals surface area contributed by atoms with E-state index in [-0.39, 0.29) is 36.9 Å². The second-order valence-electron chi connectivity index (χ2n) is 11.5. The number of nitrogens with two attached hydrogens (primary N) is 1. The van der Waals surface area contributed by atoms with Gasteiger partial charge in [0.25, 0.3) is 0 Å². The number of hydrogen-bond donors (Lipinski definition) is 4. The minimum absolute atomic E-state index is 0. The van der Waals surface area contributed by atoms with Crippen LogP contribution in [0.25, 0.3) is 11.2 Å². The van der Waals surface area contributed by atoms with E-state index in [2.05, 4.69) is 20.5 Å². The van der Waals surface area contributed by atoms with Crippen LogP contribution in [-0.4, -0.2) is 68.8 Å². The summed E-state index contributed by atoms with van der Waals surface area (Å²) in [4.78, 5) is 29.5. The lowest BCUT2D eigenvalue weighted by molar-refractivity contribution is 0.197. The third-order valence-electron chi connectivity index (χ3n) is 8.72. The standard InChI is InChI=1S/C29H41N9O2.2ClH/c1-40-24-9-5-4-8-23(24)34-29(39)37-16-14-21(15-17-37)32-26-25-27(38(18-31-25)22-6-2-3-7-22)36-28(35-26)33-20-12-10-19(30)11-13-20;;/h4-5,8-9,18-22H,2-3,6-7,10-17,30H2,1H3,(H,34,39)(H2,32,33,35,36);2*1H. The van der Waals surface area contributed by atoms with E-state index in [0.717, 1.165) is 68.3 Å². The van der Waals surface area contributed by atoms with Crippen LogP contribution >= 0.6 is 24.8 Å². The number of nitrogens with zero attached hydrogens (tertiary/aromatic N) is 5. The van der Waals surface area contributed by atoms with Gasteiger partial charge in [-0.2, -0.15) is 9.97 Å². The van der Waals surface area contributed by atoms with E-state index in [4.69, 9.17) is 25.4 Å². The molecule has 11 nitrogen and oxygen atoms in total. The molecule has 0 radical (unpaired) electrons. The van der Waals surface area contributed by atoms with Crippen LogP contribution in [0.3, 0.4) is 0 Å². The smallest absolute Gasteiger partial charge is 0.321 e. The molecule has 6 rings (SSSR count). The fourth-order valence-corrected chi connectivity index (χ4v) is 6.34. The zero-order chi connectivity index (χ0) is 27.5. The molecule has 2 aromatic heterocycles. The molecule has 0 atom stereocenters. The first-order valence-corrected chi connectivity index (χ1v) is 14.8. The molecule has 1 aliphatic heterocycles. The maximum atomic E-state index is 12.9. The van der Waals surface area contributed by atoms with Gasteiger partial charge in [0.15, 0.2) is 17.0 Å². The van der Waals surface area contributed by atoms with E-state index < -0.39 is 0 Å². The van der Waals surface area contributed by atoms with Crippen molar-refractivity contribution in [2.45, 2.75) is 88.4 Å². The van der Waals surface area contributed by atoms with Gasteiger partial charge in [-0.15, -0.1) is 24.8 Å². The van der Waals surface area contributed by atoms with Crippen LogP contribution < -0.4 is 26.4 Å². The van der Waals surface area contributed by atoms with Crippen molar-refractivity contribution in [3.05, 3.63) is 30.6 Å². The number of likely N-dealkylation sites (tertiary alicyclic amines) is 1. The van der Waals surface area contributed by atoms with Gasteiger partial charge in [0.05, 0.1) is 19.1 Å². The van der Waals surface area contributed by atoms with Crippen molar-refractivity contribution < 1.29 is 9.53 Å². The first kappa shape index (κ1) is 31.9. The Morgan fingerprint density at radius 1 is 0.929 bits per heavy atom. The number of carbonyl (C=O) groups is 1. The van der Waals surface area contributed by atoms with Crippen molar-refractivity contribution in [2.75, 3.05) is 36.1 Å². The van der Waals surface area contributed by atoms with E-state index in [1.807, 2.05) is 35.5 Å². The Balaban J connectivity index is 0.00000202. The highest BCUT2D eigenvalue weighted by molar-refractivity contribution is 5.91. The van der Waals surface area contributed by atoms with Crippen molar-refractivity contribution in [1.29, 1.82) is 0 Å². The predicted octanol–water partition coefficient (Wildman–Crippen LogP) is 5.58. The Hall–Kier alpha value is -3.02. The van der Waals surface area contributed by atoms with Crippen LogP contribution in [0.5, 0.6) is 5.75 Å². The molecule has 3 fully saturated rings. The number of ether oxygens (including phenoxy) is 1. The maximum absolute atomic E-state index is 12.9. The summed E-state index contributed by atoms with van der Waals surface area (Å²) < 4.78 is 7.63. The van der Waals surface area contributed by atoms with Gasteiger partial charge in [-0.3, -0.25) is 0 Å². The predicted molar refractivity (Wildman–Crippen MR) is 171 cm³/mol. The van der Waals surface area contributed by atoms with Gasteiger partial charge in [-0.1, -0.05) is 25.0 Å². The van der Waals surface area contributed by atoms with Gasteiger partial charge in [0.1, 0.15) is 5.75 Å². The highest BCUT2D eigenvalue weighted by Gasteiger charge is 2.27. The van der Waals surface area contributed by atoms with Crippen LogP contribution in [0.1, 0.15) is 70.3 Å². The number of anilines is 3. The molecule has 0 unspecified atom stereocenters. The van der Waals surface area contributed by atoms with Crippen LogP contribution in [0.15, 0.2) is 30.6 Å². The molecule has 3 aliphatic rings. The summed E-state index contributed by atoms with van der Waals surface area (Å²) in [6, 6.07) is 8.61. The lowest BCUT2D eigenvalue weighted by atomic mass is 9.92. The first-order valence-electron chi connectivity index (χ1n) is 14.8. The number of benzene rings is 1. The summed E-state index contributed by atoms with van der Waals surface area (Å²) in [7, 11) is 1.61. The van der Waals surface area contributed by atoms with E-state index in [0.29, 0.717) is 48.6 Å². The lowest BCUT2D eigenvalue weighted by Crippen LogP contribution is -2.44. The summed E-state index contributed by atoms with van der Waals surface area (Å²) in [5.74, 6) is 2.08. The second kappa shape index (κ2) is 14.4. The number of methoxy groups -OCH3 is 1. The average molecular weight is 621 g/mol. The van der Waals surface area contributed by atoms with Crippen LogP contribution in [0, 0.1) is 0 Å². The van der Waals surface area contributed by atoms with E-state index in [9.17, 15) is 4.79 Å². The topological polar surface area (TPSA) is 135 Å². The van der Waals surface area contributed by atoms with E-state index >= 15 is 0 Å². The monoisotopic (exact) mass is 619 g/mol. The van der Waals surface area contributed by atoms with Gasteiger partial charge in [0.2, 0.25) is 5.95 Å². The largest absolute Gasteiger partial charge is 0.495 e. The molecule has 5 N–H and O–H groups in total. The molecule has 1 aromatic carbocycles. The molecule has 13 heteroatoms. The molecular formula is C29H43Cl2N9O2. The number of imidazole rings is 1.